The molecule has 10 nitrogen and oxygen atoms in total. The fourth-order valence-corrected chi connectivity index (χ4v) is 4.01. The number of amides is 1. The highest BCUT2D eigenvalue weighted by atomic mass is 32.2. The van der Waals surface area contributed by atoms with Crippen LogP contribution in [-0.2, 0) is 17.6 Å². The topological polar surface area (TPSA) is 116 Å². The van der Waals surface area contributed by atoms with Crippen molar-refractivity contribution in [2.75, 3.05) is 26.0 Å². The summed E-state index contributed by atoms with van der Waals surface area (Å²) in [7, 11) is 4.85. The number of nitrogens with zero attached hydrogens (tertiary/aromatic N) is 5. The lowest BCUT2D eigenvalue weighted by atomic mass is 10.2. The lowest BCUT2D eigenvalue weighted by Crippen LogP contribution is -2.17. The number of carbonyl (C=O) groups excluding carboxylic acids is 1. The molecule has 1 atom stereocenters. The molecule has 0 aliphatic rings. The maximum absolute atomic E-state index is 11.7. The standard InChI is InChI=1S/C23H31N7O3S.C2H6/c1-15-13-25-19(26-14-15)12-16(2)34-29-23-28-27-20(10-7-11-21(31)24-3)30(23)22-17(32-4)8-6-9-18(22)33-5;1-2/h6,8-9,13-14,16H,7,10-12H2,1-5H3,(H,24,31)(H,28,29);1-2H3. The number of methoxy groups -OCH3 is 2. The average molecular weight is 516 g/mol. The monoisotopic (exact) mass is 515 g/mol. The number of ether oxygens (including phenoxy) is 2. The SMILES string of the molecule is CC.CNC(=O)CCCc1nnc(NSC(C)Cc2ncc(C)cn2)n1-c1c(OC)cccc1OC. The van der Waals surface area contributed by atoms with Gasteiger partial charge in [0.1, 0.15) is 28.8 Å². The quantitative estimate of drug-likeness (QED) is 0.343. The molecule has 0 spiro atoms. The number of rotatable bonds is 12. The van der Waals surface area contributed by atoms with Gasteiger partial charge in [-0.1, -0.05) is 26.8 Å². The average Bonchev–Trinajstić information content (AvgIpc) is 3.31. The van der Waals surface area contributed by atoms with Crippen LogP contribution in [0.1, 0.15) is 50.8 Å². The first-order valence-corrected chi connectivity index (χ1v) is 12.9. The molecule has 0 saturated carbocycles. The Kier molecular flexibility index (Phi) is 12.0. The van der Waals surface area contributed by atoms with Crippen molar-refractivity contribution in [3.8, 4) is 17.2 Å². The van der Waals surface area contributed by atoms with Crippen molar-refractivity contribution >= 4 is 23.8 Å². The number of benzene rings is 1. The van der Waals surface area contributed by atoms with Gasteiger partial charge in [-0.25, -0.2) is 9.97 Å². The molecule has 2 N–H and O–H groups in total. The number of hydrogen-bond acceptors (Lipinski definition) is 9. The summed E-state index contributed by atoms with van der Waals surface area (Å²) in [5.74, 6) is 3.27. The van der Waals surface area contributed by atoms with Crippen molar-refractivity contribution in [3.05, 3.63) is 47.8 Å². The summed E-state index contributed by atoms with van der Waals surface area (Å²) in [4.78, 5) is 20.5. The number of anilines is 1. The van der Waals surface area contributed by atoms with Crippen LogP contribution in [0.4, 0.5) is 5.95 Å². The third kappa shape index (κ3) is 7.84. The van der Waals surface area contributed by atoms with Gasteiger partial charge in [0.05, 0.1) is 14.2 Å². The molecule has 1 amide bonds. The number of aromatic nitrogens is 5. The molecule has 0 bridgehead atoms. The molecule has 11 heteroatoms. The third-order valence-corrected chi connectivity index (χ3v) is 5.96. The Morgan fingerprint density at radius 2 is 1.75 bits per heavy atom. The first-order valence-electron chi connectivity index (χ1n) is 12.0. The van der Waals surface area contributed by atoms with Crippen LogP contribution in [0.2, 0.25) is 0 Å². The molecule has 2 heterocycles. The molecular weight excluding hydrogens is 478 g/mol. The second-order valence-electron chi connectivity index (χ2n) is 7.72. The fraction of sp³-hybridized carbons (Fsp3) is 0.480. The normalized spacial score (nSPS) is 11.2. The molecule has 0 aliphatic carbocycles. The van der Waals surface area contributed by atoms with E-state index in [4.69, 9.17) is 9.47 Å². The van der Waals surface area contributed by atoms with Crippen molar-refractivity contribution in [3.63, 3.8) is 0 Å². The van der Waals surface area contributed by atoms with Crippen molar-refractivity contribution in [1.29, 1.82) is 0 Å². The van der Waals surface area contributed by atoms with Crippen LogP contribution >= 0.6 is 11.9 Å². The highest BCUT2D eigenvalue weighted by molar-refractivity contribution is 8.01. The Morgan fingerprint density at radius 3 is 2.33 bits per heavy atom. The predicted octanol–water partition coefficient (Wildman–Crippen LogP) is 4.17. The second-order valence-corrected chi connectivity index (χ2v) is 8.97. The Hall–Kier alpha value is -3.34. The Bertz CT molecular complexity index is 1070. The molecule has 0 fully saturated rings. The van der Waals surface area contributed by atoms with Crippen molar-refractivity contribution in [1.82, 2.24) is 30.0 Å². The van der Waals surface area contributed by atoms with Crippen LogP contribution in [0.5, 0.6) is 11.5 Å². The smallest absolute Gasteiger partial charge is 0.239 e. The molecule has 0 saturated heterocycles. The van der Waals surface area contributed by atoms with E-state index in [0.717, 1.165) is 11.4 Å². The van der Waals surface area contributed by atoms with Crippen LogP contribution in [0.25, 0.3) is 5.69 Å². The molecule has 0 radical (unpaired) electrons. The largest absolute Gasteiger partial charge is 0.494 e. The molecule has 0 aliphatic heterocycles. The van der Waals surface area contributed by atoms with E-state index in [2.05, 4.69) is 37.1 Å². The molecular formula is C25H37N7O3S. The summed E-state index contributed by atoms with van der Waals surface area (Å²) in [6, 6.07) is 5.59. The minimum atomic E-state index is -0.0120. The van der Waals surface area contributed by atoms with E-state index in [1.165, 1.54) is 11.9 Å². The Labute approximate surface area is 217 Å². The summed E-state index contributed by atoms with van der Waals surface area (Å²) in [5, 5.41) is 11.6. The molecule has 2 aromatic heterocycles. The van der Waals surface area contributed by atoms with Crippen molar-refractivity contribution in [2.45, 2.75) is 58.6 Å². The van der Waals surface area contributed by atoms with Crippen molar-refractivity contribution < 1.29 is 14.3 Å². The van der Waals surface area contributed by atoms with Gasteiger partial charge < -0.3 is 14.8 Å². The molecule has 1 unspecified atom stereocenters. The Morgan fingerprint density at radius 1 is 1.11 bits per heavy atom. The van der Waals surface area contributed by atoms with Gasteiger partial charge in [0, 0.05) is 44.0 Å². The van der Waals surface area contributed by atoms with Gasteiger partial charge in [-0.3, -0.25) is 14.1 Å². The number of nitrogens with one attached hydrogen (secondary N) is 2. The number of hydrogen-bond donors (Lipinski definition) is 2. The summed E-state index contributed by atoms with van der Waals surface area (Å²) in [5.41, 5.74) is 1.73. The maximum Gasteiger partial charge on any atom is 0.239 e. The number of aryl methyl sites for hydroxylation is 2. The fourth-order valence-electron chi connectivity index (χ4n) is 3.34. The van der Waals surface area contributed by atoms with E-state index in [1.807, 2.05) is 55.9 Å². The maximum atomic E-state index is 11.7. The van der Waals surface area contributed by atoms with Crippen LogP contribution in [-0.4, -0.2) is 57.2 Å². The van der Waals surface area contributed by atoms with Gasteiger partial charge in [-0.15, -0.1) is 10.2 Å². The van der Waals surface area contributed by atoms with Gasteiger partial charge >= 0.3 is 0 Å². The zero-order valence-corrected chi connectivity index (χ0v) is 23.0. The number of carbonyl (C=O) groups is 1. The lowest BCUT2D eigenvalue weighted by molar-refractivity contribution is -0.120. The van der Waals surface area contributed by atoms with Crippen LogP contribution in [0.3, 0.4) is 0 Å². The lowest BCUT2D eigenvalue weighted by Gasteiger charge is -2.18. The van der Waals surface area contributed by atoms with Gasteiger partial charge in [0.2, 0.25) is 11.9 Å². The highest BCUT2D eigenvalue weighted by Crippen LogP contribution is 2.36. The van der Waals surface area contributed by atoms with E-state index in [-0.39, 0.29) is 11.2 Å². The van der Waals surface area contributed by atoms with Crippen LogP contribution < -0.4 is 19.5 Å². The first-order chi connectivity index (χ1) is 17.5. The number of para-hydroxylation sites is 1. The first kappa shape index (κ1) is 28.9. The molecule has 1 aromatic carbocycles. The second kappa shape index (κ2) is 14.9. The zero-order valence-electron chi connectivity index (χ0n) is 22.2. The minimum absolute atomic E-state index is 0.0120. The van der Waals surface area contributed by atoms with E-state index < -0.39 is 0 Å². The minimum Gasteiger partial charge on any atom is -0.494 e. The van der Waals surface area contributed by atoms with Gasteiger partial charge in [-0.2, -0.15) is 0 Å². The van der Waals surface area contributed by atoms with E-state index in [1.54, 1.807) is 21.3 Å². The van der Waals surface area contributed by atoms with Gasteiger partial charge in [0.25, 0.3) is 0 Å². The van der Waals surface area contributed by atoms with Crippen LogP contribution in [0, 0.1) is 6.92 Å². The van der Waals surface area contributed by atoms with E-state index in [0.29, 0.717) is 54.6 Å². The molecule has 3 aromatic rings. The third-order valence-electron chi connectivity index (χ3n) is 5.09. The van der Waals surface area contributed by atoms with Crippen molar-refractivity contribution in [2.24, 2.45) is 0 Å². The summed E-state index contributed by atoms with van der Waals surface area (Å²) in [6.45, 7) is 8.06. The zero-order chi connectivity index (χ0) is 26.5. The summed E-state index contributed by atoms with van der Waals surface area (Å²) in [6.07, 6.45) is 5.93. The van der Waals surface area contributed by atoms with Gasteiger partial charge in [0.15, 0.2) is 0 Å². The van der Waals surface area contributed by atoms with E-state index in [9.17, 15) is 4.79 Å². The molecule has 36 heavy (non-hydrogen) atoms. The summed E-state index contributed by atoms with van der Waals surface area (Å²) < 4.78 is 16.5. The van der Waals surface area contributed by atoms with E-state index >= 15 is 0 Å². The molecule has 196 valence electrons. The highest BCUT2D eigenvalue weighted by Gasteiger charge is 2.22. The molecule has 3 rings (SSSR count). The Balaban J connectivity index is 0.00000222. The van der Waals surface area contributed by atoms with Gasteiger partial charge in [-0.05, 0) is 43.0 Å². The summed E-state index contributed by atoms with van der Waals surface area (Å²) >= 11 is 1.51. The predicted molar refractivity (Wildman–Crippen MR) is 144 cm³/mol. The van der Waals surface area contributed by atoms with Crippen LogP contribution in [0.15, 0.2) is 30.6 Å².